The summed E-state index contributed by atoms with van der Waals surface area (Å²) in [5.41, 5.74) is 2.24. The number of aldehydes is 1. The summed E-state index contributed by atoms with van der Waals surface area (Å²) in [7, 11) is 0. The van der Waals surface area contributed by atoms with Crippen molar-refractivity contribution in [2.75, 3.05) is 49.5 Å². The summed E-state index contributed by atoms with van der Waals surface area (Å²) in [5.74, 6) is 1.08. The molecule has 0 bridgehead atoms. The van der Waals surface area contributed by atoms with Gasteiger partial charge in [-0.05, 0) is 30.5 Å². The van der Waals surface area contributed by atoms with Crippen LogP contribution >= 0.6 is 0 Å². The molecule has 2 aliphatic heterocycles. The first-order valence-electron chi connectivity index (χ1n) is 11.4. The topological polar surface area (TPSA) is 119 Å². The number of nitrogens with one attached hydrogen (secondary N) is 3. The van der Waals surface area contributed by atoms with Crippen molar-refractivity contribution >= 4 is 34.6 Å². The van der Waals surface area contributed by atoms with E-state index in [9.17, 15) is 9.59 Å². The molecule has 3 N–H and O–H groups in total. The fourth-order valence-electron chi connectivity index (χ4n) is 4.42. The maximum absolute atomic E-state index is 12.5. The highest BCUT2D eigenvalue weighted by Gasteiger charge is 2.22. The largest absolute Gasteiger partial charge is 0.341 e. The van der Waals surface area contributed by atoms with E-state index in [2.05, 4.69) is 47.7 Å². The summed E-state index contributed by atoms with van der Waals surface area (Å²) >= 11 is 0. The minimum atomic E-state index is -0.337. The van der Waals surface area contributed by atoms with Gasteiger partial charge in [0.1, 0.15) is 23.0 Å². The van der Waals surface area contributed by atoms with Crippen molar-refractivity contribution in [1.82, 2.24) is 30.4 Å². The van der Waals surface area contributed by atoms with Crippen LogP contribution in [0.4, 0.5) is 17.5 Å². The van der Waals surface area contributed by atoms with Gasteiger partial charge in [0.15, 0.2) is 0 Å². The van der Waals surface area contributed by atoms with Crippen molar-refractivity contribution in [3.8, 4) is 0 Å². The Morgan fingerprint density at radius 2 is 1.82 bits per heavy atom. The molecule has 0 spiro atoms. The number of piperazine rings is 1. The lowest BCUT2D eigenvalue weighted by Crippen LogP contribution is -2.42. The van der Waals surface area contributed by atoms with E-state index < -0.39 is 0 Å². The summed E-state index contributed by atoms with van der Waals surface area (Å²) in [6.07, 6.45) is 4.12. The second-order valence-corrected chi connectivity index (χ2v) is 8.64. The quantitative estimate of drug-likeness (QED) is 0.479. The smallest absolute Gasteiger partial charge is 0.277 e. The molecule has 2 fully saturated rings. The van der Waals surface area contributed by atoms with Crippen molar-refractivity contribution in [3.63, 3.8) is 0 Å². The van der Waals surface area contributed by atoms with E-state index >= 15 is 0 Å². The highest BCUT2D eigenvalue weighted by atomic mass is 16.1. The fourth-order valence-corrected chi connectivity index (χ4v) is 4.42. The van der Waals surface area contributed by atoms with Crippen LogP contribution < -0.4 is 21.1 Å². The number of nitrogens with zero attached hydrogens (tertiary/aromatic N) is 5. The van der Waals surface area contributed by atoms with Crippen LogP contribution in [0, 0.1) is 5.92 Å². The van der Waals surface area contributed by atoms with E-state index in [1.165, 1.54) is 5.56 Å². The van der Waals surface area contributed by atoms with Gasteiger partial charge in [-0.3, -0.25) is 9.69 Å². The third kappa shape index (κ3) is 4.86. The Bertz CT molecular complexity index is 1170. The molecule has 2 aliphatic rings. The summed E-state index contributed by atoms with van der Waals surface area (Å²) < 4.78 is 0. The Morgan fingerprint density at radius 1 is 1.06 bits per heavy atom. The number of hydrogen-bond acceptors (Lipinski definition) is 9. The van der Waals surface area contributed by atoms with Gasteiger partial charge in [0.25, 0.3) is 5.56 Å². The normalized spacial score (nSPS) is 17.9. The molecule has 2 saturated heterocycles. The molecule has 1 aromatic carbocycles. The van der Waals surface area contributed by atoms with Gasteiger partial charge < -0.3 is 20.3 Å². The van der Waals surface area contributed by atoms with Crippen LogP contribution in [0.3, 0.4) is 0 Å². The van der Waals surface area contributed by atoms with Crippen molar-refractivity contribution in [2.45, 2.75) is 19.4 Å². The average Bonchev–Trinajstić information content (AvgIpc) is 2.86. The Labute approximate surface area is 191 Å². The van der Waals surface area contributed by atoms with E-state index in [0.29, 0.717) is 35.8 Å². The highest BCUT2D eigenvalue weighted by Crippen LogP contribution is 2.26. The van der Waals surface area contributed by atoms with Crippen LogP contribution in [0.5, 0.6) is 0 Å². The molecule has 0 radical (unpaired) electrons. The molecule has 0 unspecified atom stereocenters. The zero-order valence-corrected chi connectivity index (χ0v) is 18.5. The Balaban J connectivity index is 1.39. The fraction of sp³-hybridized carbons (Fsp3) is 0.435. The van der Waals surface area contributed by atoms with E-state index in [1.54, 1.807) is 6.20 Å². The molecule has 10 nitrogen and oxygen atoms in total. The van der Waals surface area contributed by atoms with Crippen LogP contribution in [0.25, 0.3) is 10.9 Å². The lowest BCUT2D eigenvalue weighted by Gasteiger charge is -2.30. The average molecular weight is 449 g/mol. The monoisotopic (exact) mass is 448 g/mol. The molecule has 4 heterocycles. The number of carbonyl (C=O) groups is 1. The molecule has 2 aromatic heterocycles. The van der Waals surface area contributed by atoms with Crippen LogP contribution in [0.1, 0.15) is 18.4 Å². The van der Waals surface area contributed by atoms with E-state index in [0.717, 1.165) is 57.5 Å². The zero-order chi connectivity index (χ0) is 22.6. The summed E-state index contributed by atoms with van der Waals surface area (Å²) in [5, 5.41) is 13.5. The lowest BCUT2D eigenvalue weighted by molar-refractivity contribution is -0.111. The predicted octanol–water partition coefficient (Wildman–Crippen LogP) is 1.28. The molecule has 10 heteroatoms. The van der Waals surface area contributed by atoms with Gasteiger partial charge in [0.2, 0.25) is 5.95 Å². The Kier molecular flexibility index (Phi) is 6.27. The minimum absolute atomic E-state index is 0.0866. The molecule has 5 rings (SSSR count). The first kappa shape index (κ1) is 21.5. The van der Waals surface area contributed by atoms with Crippen molar-refractivity contribution in [3.05, 3.63) is 46.4 Å². The maximum atomic E-state index is 12.5. The van der Waals surface area contributed by atoms with Crippen LogP contribution in [0.2, 0.25) is 0 Å². The van der Waals surface area contributed by atoms with E-state index in [-0.39, 0.29) is 11.5 Å². The first-order valence-corrected chi connectivity index (χ1v) is 11.4. The molecule has 172 valence electrons. The van der Waals surface area contributed by atoms with Crippen LogP contribution in [0.15, 0.2) is 35.3 Å². The Morgan fingerprint density at radius 3 is 2.55 bits per heavy atom. The first-order chi connectivity index (χ1) is 16.2. The number of benzene rings is 1. The number of H-pyrrole nitrogens is 1. The molecule has 0 atom stereocenters. The maximum Gasteiger partial charge on any atom is 0.277 e. The van der Waals surface area contributed by atoms with Gasteiger partial charge in [0, 0.05) is 57.4 Å². The van der Waals surface area contributed by atoms with Gasteiger partial charge >= 0.3 is 0 Å². The molecule has 0 aliphatic carbocycles. The number of fused-ring (bicyclic) bond motifs is 1. The number of rotatable bonds is 6. The third-order valence-electron chi connectivity index (χ3n) is 6.35. The number of carbonyl (C=O) groups excluding carboxylic acids is 1. The summed E-state index contributed by atoms with van der Waals surface area (Å²) in [4.78, 5) is 37.4. The predicted molar refractivity (Wildman–Crippen MR) is 127 cm³/mol. The Hall–Kier alpha value is -3.37. The van der Waals surface area contributed by atoms with Crippen molar-refractivity contribution in [2.24, 2.45) is 5.92 Å². The number of aromatic nitrogens is 4. The van der Waals surface area contributed by atoms with Gasteiger partial charge in [-0.15, -0.1) is 0 Å². The molecule has 3 aromatic rings. The molecular weight excluding hydrogens is 420 g/mol. The second-order valence-electron chi connectivity index (χ2n) is 8.64. The van der Waals surface area contributed by atoms with Crippen molar-refractivity contribution < 1.29 is 4.79 Å². The van der Waals surface area contributed by atoms with E-state index in [1.807, 2.05) is 12.1 Å². The number of hydrogen-bond donors (Lipinski definition) is 3. The van der Waals surface area contributed by atoms with Gasteiger partial charge in [-0.2, -0.15) is 10.1 Å². The SMILES string of the molecule is O=CC1CCN(c2nc(Nc3ccc(CN4CCNCC4)cc3)c3c(=O)[nH]ncc3n2)CC1. The number of piperidine rings is 1. The third-order valence-corrected chi connectivity index (χ3v) is 6.35. The molecule has 33 heavy (non-hydrogen) atoms. The summed E-state index contributed by atoms with van der Waals surface area (Å²) in [6, 6.07) is 8.22. The summed E-state index contributed by atoms with van der Waals surface area (Å²) in [6.45, 7) is 6.48. The molecule has 0 saturated carbocycles. The van der Waals surface area contributed by atoms with Crippen molar-refractivity contribution in [1.29, 1.82) is 0 Å². The van der Waals surface area contributed by atoms with Crippen LogP contribution in [-0.2, 0) is 11.3 Å². The molecule has 0 amide bonds. The second kappa shape index (κ2) is 9.63. The van der Waals surface area contributed by atoms with Crippen LogP contribution in [-0.4, -0.2) is 70.6 Å². The number of anilines is 3. The van der Waals surface area contributed by atoms with Gasteiger partial charge in [0.05, 0.1) is 6.20 Å². The highest BCUT2D eigenvalue weighted by molar-refractivity contribution is 5.90. The standard InChI is InChI=1S/C23H28N8O2/c32-15-17-5-9-31(10-6-17)23-27-19-13-25-29-22(33)20(19)21(28-23)26-18-3-1-16(2-4-18)14-30-11-7-24-8-12-30/h1-4,13,15,17,24H,5-12,14H2,(H,29,33)(H,26,27,28). The van der Waals surface area contributed by atoms with Gasteiger partial charge in [-0.25, -0.2) is 10.1 Å². The van der Waals surface area contributed by atoms with E-state index in [4.69, 9.17) is 4.98 Å². The minimum Gasteiger partial charge on any atom is -0.341 e. The number of aromatic amines is 1. The lowest BCUT2D eigenvalue weighted by atomic mass is 9.99. The zero-order valence-electron chi connectivity index (χ0n) is 18.5. The molecular formula is C23H28N8O2. The van der Waals surface area contributed by atoms with Gasteiger partial charge in [-0.1, -0.05) is 12.1 Å².